The lowest BCUT2D eigenvalue weighted by Gasteiger charge is -2.36. The van der Waals surface area contributed by atoms with Gasteiger partial charge >= 0.3 is 0 Å². The summed E-state index contributed by atoms with van der Waals surface area (Å²) in [6, 6.07) is 17.9. The number of carbonyl (C=O) groups is 1. The van der Waals surface area contributed by atoms with Gasteiger partial charge in [-0.3, -0.25) is 4.79 Å². The van der Waals surface area contributed by atoms with Gasteiger partial charge in [-0.25, -0.2) is 0 Å². The van der Waals surface area contributed by atoms with E-state index in [4.69, 9.17) is 9.57 Å². The van der Waals surface area contributed by atoms with Crippen LogP contribution in [0.1, 0.15) is 12.0 Å². The fourth-order valence-electron chi connectivity index (χ4n) is 3.49. The van der Waals surface area contributed by atoms with Crippen molar-refractivity contribution in [2.45, 2.75) is 12.5 Å². The van der Waals surface area contributed by atoms with Crippen molar-refractivity contribution >= 4 is 17.3 Å². The number of benzene rings is 2. The van der Waals surface area contributed by atoms with Crippen molar-refractivity contribution in [3.63, 3.8) is 0 Å². The number of ether oxygens (including phenoxy) is 1. The Morgan fingerprint density at radius 3 is 2.41 bits per heavy atom. The molecule has 1 saturated heterocycles. The summed E-state index contributed by atoms with van der Waals surface area (Å²) in [5.74, 6) is 0.817. The Morgan fingerprint density at radius 1 is 1.04 bits per heavy atom. The quantitative estimate of drug-likeness (QED) is 0.836. The van der Waals surface area contributed by atoms with Crippen LogP contribution in [0.25, 0.3) is 0 Å². The lowest BCUT2D eigenvalue weighted by atomic mass is 10.0. The normalized spacial score (nSPS) is 19.4. The molecule has 2 aliphatic rings. The number of anilines is 1. The van der Waals surface area contributed by atoms with E-state index >= 15 is 0 Å². The van der Waals surface area contributed by atoms with E-state index in [0.29, 0.717) is 19.5 Å². The highest BCUT2D eigenvalue weighted by Gasteiger charge is 2.33. The molecule has 0 unspecified atom stereocenters. The fourth-order valence-corrected chi connectivity index (χ4v) is 3.49. The van der Waals surface area contributed by atoms with Crippen LogP contribution in [-0.4, -0.2) is 55.9 Å². The predicted octanol–water partition coefficient (Wildman–Crippen LogP) is 2.54. The van der Waals surface area contributed by atoms with E-state index in [9.17, 15) is 4.79 Å². The number of methoxy groups -OCH3 is 1. The Bertz CT molecular complexity index is 812. The first kappa shape index (κ1) is 17.4. The second-order valence-electron chi connectivity index (χ2n) is 6.71. The van der Waals surface area contributed by atoms with Crippen LogP contribution in [0.3, 0.4) is 0 Å². The zero-order chi connectivity index (χ0) is 18.6. The fraction of sp³-hybridized carbons (Fsp3) is 0.333. The Hall–Kier alpha value is -3.02. The molecular formula is C21H23N3O3. The van der Waals surface area contributed by atoms with Crippen molar-refractivity contribution < 1.29 is 14.4 Å². The number of carbonyl (C=O) groups excluding carboxylic acids is 1. The first-order valence-corrected chi connectivity index (χ1v) is 9.20. The van der Waals surface area contributed by atoms with Gasteiger partial charge in [0, 0.05) is 38.3 Å². The van der Waals surface area contributed by atoms with Crippen molar-refractivity contribution in [1.29, 1.82) is 0 Å². The summed E-state index contributed by atoms with van der Waals surface area (Å²) in [7, 11) is 1.64. The molecule has 0 saturated carbocycles. The van der Waals surface area contributed by atoms with Gasteiger partial charge in [-0.2, -0.15) is 0 Å². The van der Waals surface area contributed by atoms with E-state index in [2.05, 4.69) is 22.2 Å². The van der Waals surface area contributed by atoms with Gasteiger partial charge in [-0.1, -0.05) is 23.4 Å². The third-order valence-corrected chi connectivity index (χ3v) is 5.08. The second kappa shape index (κ2) is 7.70. The lowest BCUT2D eigenvalue weighted by Crippen LogP contribution is -2.51. The number of nitrogens with zero attached hydrogens (tertiary/aromatic N) is 3. The summed E-state index contributed by atoms with van der Waals surface area (Å²) < 4.78 is 5.18. The van der Waals surface area contributed by atoms with E-state index < -0.39 is 6.10 Å². The van der Waals surface area contributed by atoms with Crippen molar-refractivity contribution in [2.24, 2.45) is 5.16 Å². The molecule has 140 valence electrons. The highest BCUT2D eigenvalue weighted by atomic mass is 16.6. The van der Waals surface area contributed by atoms with E-state index in [1.807, 2.05) is 47.4 Å². The monoisotopic (exact) mass is 365 g/mol. The predicted molar refractivity (Wildman–Crippen MR) is 104 cm³/mol. The summed E-state index contributed by atoms with van der Waals surface area (Å²) in [5.41, 5.74) is 2.96. The maximum atomic E-state index is 12.8. The van der Waals surface area contributed by atoms with Gasteiger partial charge in [-0.05, 0) is 42.0 Å². The van der Waals surface area contributed by atoms with Crippen molar-refractivity contribution in [3.05, 3.63) is 60.2 Å². The Morgan fingerprint density at radius 2 is 1.74 bits per heavy atom. The van der Waals surface area contributed by atoms with Crippen molar-refractivity contribution in [1.82, 2.24) is 4.90 Å². The molecule has 0 aliphatic carbocycles. The first-order valence-electron chi connectivity index (χ1n) is 9.20. The molecule has 27 heavy (non-hydrogen) atoms. The van der Waals surface area contributed by atoms with E-state index in [1.54, 1.807) is 7.11 Å². The van der Waals surface area contributed by atoms with Crippen LogP contribution in [0.15, 0.2) is 59.8 Å². The molecule has 0 spiro atoms. The summed E-state index contributed by atoms with van der Waals surface area (Å²) in [5, 5.41) is 4.14. The van der Waals surface area contributed by atoms with Crippen LogP contribution >= 0.6 is 0 Å². The van der Waals surface area contributed by atoms with Crippen LogP contribution in [0.2, 0.25) is 0 Å². The molecule has 0 radical (unpaired) electrons. The highest BCUT2D eigenvalue weighted by Crippen LogP contribution is 2.22. The minimum absolute atomic E-state index is 0.0231. The Balaban J connectivity index is 1.32. The van der Waals surface area contributed by atoms with Gasteiger partial charge in [0.05, 0.1) is 12.8 Å². The third kappa shape index (κ3) is 3.74. The molecule has 6 nitrogen and oxygen atoms in total. The first-order chi connectivity index (χ1) is 13.2. The summed E-state index contributed by atoms with van der Waals surface area (Å²) in [4.78, 5) is 22.5. The maximum Gasteiger partial charge on any atom is 0.267 e. The molecule has 4 rings (SSSR count). The van der Waals surface area contributed by atoms with Crippen LogP contribution in [0, 0.1) is 0 Å². The van der Waals surface area contributed by atoms with Crippen molar-refractivity contribution in [2.75, 3.05) is 38.2 Å². The van der Waals surface area contributed by atoms with Crippen LogP contribution < -0.4 is 9.64 Å². The molecule has 2 heterocycles. The van der Waals surface area contributed by atoms with Gasteiger partial charge in [0.15, 0.2) is 0 Å². The topological polar surface area (TPSA) is 54.4 Å². The number of hydrogen-bond acceptors (Lipinski definition) is 5. The zero-order valence-electron chi connectivity index (χ0n) is 15.4. The SMILES string of the molecule is COc1ccc(C2=NO[C@H](C(=O)N3CCN(c4ccccc4)CC3)C2)cc1. The lowest BCUT2D eigenvalue weighted by molar-refractivity contribution is -0.142. The Kier molecular flexibility index (Phi) is 4.96. The number of oxime groups is 1. The summed E-state index contributed by atoms with van der Waals surface area (Å²) >= 11 is 0. The molecule has 1 amide bonds. The molecule has 0 bridgehead atoms. The molecule has 0 aromatic heterocycles. The van der Waals surface area contributed by atoms with Gasteiger partial charge < -0.3 is 19.4 Å². The molecule has 1 fully saturated rings. The number of hydrogen-bond donors (Lipinski definition) is 0. The molecule has 2 aromatic rings. The molecule has 6 heteroatoms. The maximum absolute atomic E-state index is 12.8. The van der Waals surface area contributed by atoms with Crippen LogP contribution in [0.5, 0.6) is 5.75 Å². The number of amides is 1. The van der Waals surface area contributed by atoms with Crippen LogP contribution in [-0.2, 0) is 9.63 Å². The molecule has 1 atom stereocenters. The highest BCUT2D eigenvalue weighted by molar-refractivity contribution is 6.04. The van der Waals surface area contributed by atoms with Gasteiger partial charge in [0.25, 0.3) is 5.91 Å². The standard InChI is InChI=1S/C21H23N3O3/c1-26-18-9-7-16(8-10-18)19-15-20(27-22-19)21(25)24-13-11-23(12-14-24)17-5-3-2-4-6-17/h2-10,20H,11-15H2,1H3/t20-/m0/s1. The van der Waals surface area contributed by atoms with Crippen molar-refractivity contribution in [3.8, 4) is 5.75 Å². The smallest absolute Gasteiger partial charge is 0.267 e. The number of para-hydroxylation sites is 1. The average Bonchev–Trinajstić information content (AvgIpc) is 3.24. The molecule has 2 aliphatic heterocycles. The van der Waals surface area contributed by atoms with Crippen LogP contribution in [0.4, 0.5) is 5.69 Å². The molecular weight excluding hydrogens is 342 g/mol. The number of rotatable bonds is 4. The third-order valence-electron chi connectivity index (χ3n) is 5.08. The minimum Gasteiger partial charge on any atom is -0.497 e. The largest absolute Gasteiger partial charge is 0.497 e. The molecule has 0 N–H and O–H groups in total. The zero-order valence-corrected chi connectivity index (χ0v) is 15.4. The summed E-state index contributed by atoms with van der Waals surface area (Å²) in [6.07, 6.45) is -0.0188. The summed E-state index contributed by atoms with van der Waals surface area (Å²) in [6.45, 7) is 3.06. The minimum atomic E-state index is -0.523. The van der Waals surface area contributed by atoms with E-state index in [0.717, 1.165) is 30.1 Å². The van der Waals surface area contributed by atoms with E-state index in [-0.39, 0.29) is 5.91 Å². The Labute approximate surface area is 159 Å². The second-order valence-corrected chi connectivity index (χ2v) is 6.71. The number of piperazine rings is 1. The van der Waals surface area contributed by atoms with Gasteiger partial charge in [0.2, 0.25) is 6.10 Å². The van der Waals surface area contributed by atoms with Gasteiger partial charge in [-0.15, -0.1) is 0 Å². The average molecular weight is 365 g/mol. The van der Waals surface area contributed by atoms with Gasteiger partial charge in [0.1, 0.15) is 5.75 Å². The molecule has 2 aromatic carbocycles. The van der Waals surface area contributed by atoms with E-state index in [1.165, 1.54) is 5.69 Å².